The van der Waals surface area contributed by atoms with Crippen LogP contribution in [0.4, 0.5) is 0 Å². The van der Waals surface area contributed by atoms with Crippen molar-refractivity contribution in [1.82, 2.24) is 0 Å². The van der Waals surface area contributed by atoms with E-state index in [0.717, 1.165) is 21.3 Å². The highest BCUT2D eigenvalue weighted by Gasteiger charge is 2.80. The van der Waals surface area contributed by atoms with Crippen LogP contribution in [0.25, 0.3) is 16.3 Å². The van der Waals surface area contributed by atoms with Crippen molar-refractivity contribution in [1.29, 1.82) is 0 Å². The predicted octanol–water partition coefficient (Wildman–Crippen LogP) is -0.920. The highest BCUT2D eigenvalue weighted by molar-refractivity contribution is 6.43. The van der Waals surface area contributed by atoms with Gasteiger partial charge in [0.2, 0.25) is 23.1 Å². The molecular weight excluding hydrogens is 876 g/mol. The van der Waals surface area contributed by atoms with E-state index in [9.17, 15) is 80.8 Å². The Morgan fingerprint density at radius 1 is 0.636 bits per heavy atom. The first-order valence-electron chi connectivity index (χ1n) is 21.2. The lowest BCUT2D eigenvalue weighted by Crippen LogP contribution is -2.79. The van der Waals surface area contributed by atoms with Crippen molar-refractivity contribution in [3.63, 3.8) is 0 Å². The molecule has 21 nitrogen and oxygen atoms in total. The zero-order chi connectivity index (χ0) is 48.4. The Balaban J connectivity index is 1.29. The lowest BCUT2D eigenvalue weighted by atomic mass is 9.54. The molecule has 1 heterocycles. The zero-order valence-corrected chi connectivity index (χ0v) is 35.9. The molecule has 0 spiro atoms. The topological polar surface area (TPSA) is 368 Å². The fraction of sp³-hybridized carbons (Fsp3) is 0.511. The van der Waals surface area contributed by atoms with Crippen LogP contribution < -0.4 is 9.47 Å². The fourth-order valence-electron chi connectivity index (χ4n) is 12.3. The SMILES string of the molecule is CCC[C@@]12O[C@H]3c4c(O)c5c(c(O)c4C(=O)[C@]1(O)[C@@H]3[C@H](O)[C@@H](O)[C@@H]2O)C(=O)C(c1c(OC)c(OC)c2cc3c(c(O)c2c1O)C(=O)[C@]1(O)[C@H](C3)[C@H](O)[C@@H](O)[C@H](O)[C@@]1(O)CCC)=C(OC)C5=O. The first-order chi connectivity index (χ1) is 31.0. The first-order valence-corrected chi connectivity index (χ1v) is 21.2. The number of benzene rings is 3. The molecule has 13 N–H and O–H groups in total. The van der Waals surface area contributed by atoms with Gasteiger partial charge in [-0.15, -0.1) is 0 Å². The molecule has 3 fully saturated rings. The van der Waals surface area contributed by atoms with Crippen LogP contribution in [-0.2, 0) is 15.9 Å². The number of hydrogen-bond donors (Lipinski definition) is 13. The largest absolute Gasteiger partial charge is 0.507 e. The van der Waals surface area contributed by atoms with Crippen LogP contribution in [0.1, 0.15) is 104 Å². The maximum atomic E-state index is 15.1. The molecule has 3 aromatic rings. The van der Waals surface area contributed by atoms with Gasteiger partial charge in [0.1, 0.15) is 58.6 Å². The summed E-state index contributed by atoms with van der Waals surface area (Å²) in [5, 5.41) is 150. The summed E-state index contributed by atoms with van der Waals surface area (Å²) < 4.78 is 22.9. The van der Waals surface area contributed by atoms with Gasteiger partial charge in [-0.3, -0.25) is 19.2 Å². The van der Waals surface area contributed by atoms with Crippen molar-refractivity contribution in [2.45, 2.75) is 111 Å². The Bertz CT molecular complexity index is 2760. The third-order valence-corrected chi connectivity index (χ3v) is 15.2. The van der Waals surface area contributed by atoms with Crippen LogP contribution in [0.15, 0.2) is 11.8 Å². The summed E-state index contributed by atoms with van der Waals surface area (Å²) in [6.45, 7) is 3.16. The van der Waals surface area contributed by atoms with Crippen LogP contribution in [0.5, 0.6) is 34.5 Å². The van der Waals surface area contributed by atoms with Crippen molar-refractivity contribution in [3.8, 4) is 34.5 Å². The molecule has 0 unspecified atom stereocenters. The molecule has 2 saturated carbocycles. The van der Waals surface area contributed by atoms with E-state index in [2.05, 4.69) is 0 Å². The number of ketones is 4. The smallest absolute Gasteiger partial charge is 0.232 e. The molecule has 1 aliphatic heterocycles. The summed E-state index contributed by atoms with van der Waals surface area (Å²) in [5.74, 6) is -15.6. The molecule has 0 aromatic heterocycles. The van der Waals surface area contributed by atoms with Gasteiger partial charge in [-0.1, -0.05) is 26.7 Å². The monoisotopic (exact) mass is 924 g/mol. The summed E-state index contributed by atoms with van der Waals surface area (Å²) in [6, 6.07) is 1.21. The Kier molecular flexibility index (Phi) is 10.1. The normalized spacial score (nSPS) is 36.5. The Hall–Kier alpha value is -5.46. The van der Waals surface area contributed by atoms with Crippen LogP contribution >= 0.6 is 0 Å². The van der Waals surface area contributed by atoms with Gasteiger partial charge in [-0.25, -0.2) is 0 Å². The number of fused-ring (bicyclic) bond motifs is 6. The molecule has 4 bridgehead atoms. The molecule has 3 aromatic carbocycles. The van der Waals surface area contributed by atoms with E-state index in [1.807, 2.05) is 0 Å². The van der Waals surface area contributed by atoms with Gasteiger partial charge in [-0.2, -0.15) is 0 Å². The van der Waals surface area contributed by atoms with Crippen LogP contribution in [0, 0.1) is 11.8 Å². The van der Waals surface area contributed by atoms with E-state index in [1.165, 1.54) is 6.07 Å². The lowest BCUT2D eigenvalue weighted by Gasteiger charge is -2.57. The van der Waals surface area contributed by atoms with Gasteiger partial charge in [-0.05, 0) is 30.9 Å². The average molecular weight is 925 g/mol. The van der Waals surface area contributed by atoms with Crippen molar-refractivity contribution >= 4 is 39.5 Å². The number of carbonyl (C=O) groups is 4. The van der Waals surface area contributed by atoms with E-state index in [1.54, 1.807) is 13.8 Å². The second-order valence-electron chi connectivity index (χ2n) is 18.0. The molecule has 5 aliphatic carbocycles. The lowest BCUT2D eigenvalue weighted by molar-refractivity contribution is -0.282. The highest BCUT2D eigenvalue weighted by Crippen LogP contribution is 2.67. The number of aliphatic hydroxyl groups is 9. The Morgan fingerprint density at radius 2 is 1.21 bits per heavy atom. The summed E-state index contributed by atoms with van der Waals surface area (Å²) >= 11 is 0. The summed E-state index contributed by atoms with van der Waals surface area (Å²) in [6.07, 6.45) is -15.2. The second-order valence-corrected chi connectivity index (χ2v) is 18.0. The van der Waals surface area contributed by atoms with Gasteiger partial charge in [0, 0.05) is 16.9 Å². The molecule has 0 radical (unpaired) electrons. The third kappa shape index (κ3) is 4.87. The number of aliphatic hydroxyl groups excluding tert-OH is 6. The molecule has 66 heavy (non-hydrogen) atoms. The molecule has 13 atom stereocenters. The quantitative estimate of drug-likeness (QED) is 0.122. The minimum atomic E-state index is -3.05. The van der Waals surface area contributed by atoms with Gasteiger partial charge in [0.15, 0.2) is 28.5 Å². The van der Waals surface area contributed by atoms with Crippen molar-refractivity contribution in [2.75, 3.05) is 21.3 Å². The summed E-state index contributed by atoms with van der Waals surface area (Å²) in [7, 11) is 3.09. The number of methoxy groups -OCH3 is 3. The molecule has 6 aliphatic rings. The zero-order valence-electron chi connectivity index (χ0n) is 35.9. The number of carbonyl (C=O) groups excluding carboxylic acids is 4. The number of Topliss-reactive ketones (excluding diaryl/α,β-unsaturated/α-hetero) is 4. The standard InChI is InChI=1S/C45H48O21/c1-6-8-42(60)40(58)32(54)24(46)14-11-12-10-13-16(25(47)15(12)38(56)44(14,42)61)26(48)20(37(65-5)34(13)63-3)19-27(49)17-18(30(52)36(19)64-4)28(50)21-22(29(17)51)39(57)45(62)23-31(53)33(55)41(59)43(45,9-7-2)66-35(21)23/h10,14,23-24,31-33,35,40-41,46-48,50-51,53-55,58-62H,6-9,11H2,1-5H3/t14-,23-,24+,31+,32-,33-,35+,40+,41+,42+,43+,44-,45-/m1/s1. The number of ether oxygens (including phenoxy) is 4. The molecule has 0 amide bonds. The Morgan fingerprint density at radius 3 is 1.80 bits per heavy atom. The van der Waals surface area contributed by atoms with Crippen molar-refractivity contribution < 1.29 is 105 Å². The molecule has 1 saturated heterocycles. The van der Waals surface area contributed by atoms with E-state index < -0.39 is 192 Å². The van der Waals surface area contributed by atoms with Gasteiger partial charge in [0.05, 0.1) is 84.3 Å². The summed E-state index contributed by atoms with van der Waals surface area (Å²) in [5.41, 5.74) is -17.2. The average Bonchev–Trinajstić information content (AvgIpc) is 3.45. The van der Waals surface area contributed by atoms with Crippen LogP contribution in [0.3, 0.4) is 0 Å². The maximum absolute atomic E-state index is 15.1. The van der Waals surface area contributed by atoms with Crippen molar-refractivity contribution in [2.24, 2.45) is 11.8 Å². The number of phenols is 4. The number of phenolic OH excluding ortho intramolecular Hbond substituents is 4. The molecule has 21 heteroatoms. The number of aromatic hydroxyl groups is 4. The van der Waals surface area contributed by atoms with Crippen LogP contribution in [-0.4, -0.2) is 170 Å². The van der Waals surface area contributed by atoms with Gasteiger partial charge in [0.25, 0.3) is 0 Å². The molecule has 9 rings (SSSR count). The van der Waals surface area contributed by atoms with E-state index in [-0.39, 0.29) is 36.0 Å². The van der Waals surface area contributed by atoms with Gasteiger partial charge < -0.3 is 85.3 Å². The highest BCUT2D eigenvalue weighted by atomic mass is 16.6. The van der Waals surface area contributed by atoms with E-state index in [0.29, 0.717) is 0 Å². The number of rotatable bonds is 8. The minimum Gasteiger partial charge on any atom is -0.507 e. The van der Waals surface area contributed by atoms with Crippen molar-refractivity contribution in [3.05, 3.63) is 50.8 Å². The summed E-state index contributed by atoms with van der Waals surface area (Å²) in [4.78, 5) is 59.0. The fourth-order valence-corrected chi connectivity index (χ4v) is 12.3. The minimum absolute atomic E-state index is 0.0548. The van der Waals surface area contributed by atoms with E-state index in [4.69, 9.17) is 18.9 Å². The number of allylic oxidation sites excluding steroid dienone is 2. The Labute approximate surface area is 372 Å². The van der Waals surface area contributed by atoms with E-state index >= 15 is 4.79 Å². The molecule has 354 valence electrons. The number of hydrogen-bond acceptors (Lipinski definition) is 21. The maximum Gasteiger partial charge on any atom is 0.232 e. The van der Waals surface area contributed by atoms with Gasteiger partial charge >= 0.3 is 0 Å². The predicted molar refractivity (Wildman–Crippen MR) is 219 cm³/mol. The first kappa shape index (κ1) is 45.7. The second kappa shape index (κ2) is 14.5. The molecular formula is C45H48O21. The third-order valence-electron chi connectivity index (χ3n) is 15.2. The van der Waals surface area contributed by atoms with Crippen LogP contribution in [0.2, 0.25) is 0 Å².